The number of nitrogens with zero attached hydrogens (tertiary/aromatic N) is 2. The summed E-state index contributed by atoms with van der Waals surface area (Å²) in [5.74, 6) is 0.707. The van der Waals surface area contributed by atoms with Crippen molar-refractivity contribution in [3.63, 3.8) is 0 Å². The normalized spacial score (nSPS) is 11.2. The molecule has 4 N–H and O–H groups in total. The highest BCUT2D eigenvalue weighted by molar-refractivity contribution is 5.88. The lowest BCUT2D eigenvalue weighted by Crippen LogP contribution is -2.22. The Balaban J connectivity index is 2.44. The maximum absolute atomic E-state index is 12.0. The number of aromatic amines is 1. The van der Waals surface area contributed by atoms with Gasteiger partial charge in [0.25, 0.3) is 5.56 Å². The minimum absolute atomic E-state index is 0.178. The van der Waals surface area contributed by atoms with Gasteiger partial charge < -0.3 is 16.0 Å². The van der Waals surface area contributed by atoms with Crippen LogP contribution >= 0.6 is 0 Å². The second-order valence-electron chi connectivity index (χ2n) is 4.92. The summed E-state index contributed by atoms with van der Waals surface area (Å²) in [7, 11) is 0. The summed E-state index contributed by atoms with van der Waals surface area (Å²) >= 11 is 0. The zero-order valence-electron chi connectivity index (χ0n) is 11.9. The predicted molar refractivity (Wildman–Crippen MR) is 81.8 cm³/mol. The lowest BCUT2D eigenvalue weighted by atomic mass is 10.1. The van der Waals surface area contributed by atoms with Crippen LogP contribution in [-0.4, -0.2) is 21.0 Å². The SMILES string of the molecule is CCCC(CCC)Nc1nc(N)nc2cc[nH]c(=O)c12. The first-order valence-electron chi connectivity index (χ1n) is 7.07. The summed E-state index contributed by atoms with van der Waals surface area (Å²) in [6.07, 6.45) is 5.78. The van der Waals surface area contributed by atoms with Crippen molar-refractivity contribution >= 4 is 22.7 Å². The highest BCUT2D eigenvalue weighted by Crippen LogP contribution is 2.20. The van der Waals surface area contributed by atoms with Crippen LogP contribution in [0.4, 0.5) is 11.8 Å². The number of nitrogens with one attached hydrogen (secondary N) is 2. The first kappa shape index (κ1) is 14.3. The number of hydrogen-bond acceptors (Lipinski definition) is 5. The Bertz CT molecular complexity index is 631. The van der Waals surface area contributed by atoms with E-state index in [0.29, 0.717) is 22.8 Å². The van der Waals surface area contributed by atoms with Gasteiger partial charge in [0.05, 0.1) is 5.52 Å². The Morgan fingerprint density at radius 2 is 2.00 bits per heavy atom. The van der Waals surface area contributed by atoms with Crippen molar-refractivity contribution in [3.05, 3.63) is 22.6 Å². The van der Waals surface area contributed by atoms with Gasteiger partial charge >= 0.3 is 0 Å². The third-order valence-electron chi connectivity index (χ3n) is 3.25. The standard InChI is InChI=1S/C14H21N5O/c1-3-5-9(6-4-2)17-12-11-10(18-14(15)19-12)7-8-16-13(11)20/h7-9H,3-6H2,1-2H3,(H,16,20)(H3,15,17,18,19). The number of fused-ring (bicyclic) bond motifs is 1. The van der Waals surface area contributed by atoms with E-state index in [-0.39, 0.29) is 11.5 Å². The second-order valence-corrected chi connectivity index (χ2v) is 4.92. The lowest BCUT2D eigenvalue weighted by molar-refractivity contribution is 0.585. The van der Waals surface area contributed by atoms with Crippen molar-refractivity contribution in [2.24, 2.45) is 0 Å². The van der Waals surface area contributed by atoms with Crippen molar-refractivity contribution in [2.45, 2.75) is 45.6 Å². The number of nitrogens with two attached hydrogens (primary N) is 1. The monoisotopic (exact) mass is 275 g/mol. The highest BCUT2D eigenvalue weighted by atomic mass is 16.1. The molecular formula is C14H21N5O. The van der Waals surface area contributed by atoms with Gasteiger partial charge in [-0.25, -0.2) is 4.98 Å². The number of pyridine rings is 1. The van der Waals surface area contributed by atoms with Gasteiger partial charge in [0.2, 0.25) is 5.95 Å². The number of H-pyrrole nitrogens is 1. The van der Waals surface area contributed by atoms with E-state index in [1.807, 2.05) is 0 Å². The number of rotatable bonds is 6. The Hall–Kier alpha value is -2.11. The van der Waals surface area contributed by atoms with E-state index in [0.717, 1.165) is 25.7 Å². The smallest absolute Gasteiger partial charge is 0.261 e. The molecule has 2 aromatic rings. The summed E-state index contributed by atoms with van der Waals surface area (Å²) < 4.78 is 0. The molecule has 108 valence electrons. The minimum Gasteiger partial charge on any atom is -0.368 e. The summed E-state index contributed by atoms with van der Waals surface area (Å²) in [6, 6.07) is 2.02. The van der Waals surface area contributed by atoms with Crippen LogP contribution in [0, 0.1) is 0 Å². The summed E-state index contributed by atoms with van der Waals surface area (Å²) in [5.41, 5.74) is 6.09. The number of aromatic nitrogens is 3. The molecule has 0 aliphatic heterocycles. The molecule has 2 rings (SSSR count). The van der Waals surface area contributed by atoms with Gasteiger partial charge in [-0.2, -0.15) is 4.98 Å². The third kappa shape index (κ3) is 3.07. The molecule has 0 radical (unpaired) electrons. The Morgan fingerprint density at radius 3 is 2.65 bits per heavy atom. The molecule has 0 saturated carbocycles. The quantitative estimate of drug-likeness (QED) is 0.751. The number of hydrogen-bond donors (Lipinski definition) is 3. The van der Waals surface area contributed by atoms with Crippen LogP contribution in [0.5, 0.6) is 0 Å². The molecule has 0 saturated heterocycles. The molecule has 6 nitrogen and oxygen atoms in total. The van der Waals surface area contributed by atoms with Crippen LogP contribution in [0.1, 0.15) is 39.5 Å². The second kappa shape index (κ2) is 6.36. The molecule has 0 aliphatic rings. The van der Waals surface area contributed by atoms with E-state index in [2.05, 4.69) is 34.1 Å². The molecule has 0 spiro atoms. The van der Waals surface area contributed by atoms with E-state index in [1.165, 1.54) is 0 Å². The van der Waals surface area contributed by atoms with Gasteiger partial charge in [0.15, 0.2) is 0 Å². The van der Waals surface area contributed by atoms with Crippen molar-refractivity contribution in [2.75, 3.05) is 11.1 Å². The van der Waals surface area contributed by atoms with Crippen LogP contribution in [0.25, 0.3) is 10.9 Å². The zero-order valence-corrected chi connectivity index (χ0v) is 11.9. The highest BCUT2D eigenvalue weighted by Gasteiger charge is 2.13. The first-order valence-corrected chi connectivity index (χ1v) is 7.07. The van der Waals surface area contributed by atoms with Crippen LogP contribution < -0.4 is 16.6 Å². The third-order valence-corrected chi connectivity index (χ3v) is 3.25. The number of nitrogen functional groups attached to an aromatic ring is 1. The van der Waals surface area contributed by atoms with Crippen molar-refractivity contribution in [3.8, 4) is 0 Å². The van der Waals surface area contributed by atoms with Crippen LogP contribution in [-0.2, 0) is 0 Å². The van der Waals surface area contributed by atoms with Crippen LogP contribution in [0.3, 0.4) is 0 Å². The summed E-state index contributed by atoms with van der Waals surface area (Å²) in [6.45, 7) is 4.28. The van der Waals surface area contributed by atoms with Crippen molar-refractivity contribution in [1.82, 2.24) is 15.0 Å². The van der Waals surface area contributed by atoms with E-state index < -0.39 is 0 Å². The molecule has 2 heterocycles. The maximum Gasteiger partial charge on any atom is 0.261 e. The first-order chi connectivity index (χ1) is 9.65. The van der Waals surface area contributed by atoms with Crippen LogP contribution in [0.15, 0.2) is 17.1 Å². The molecule has 2 aromatic heterocycles. The maximum atomic E-state index is 12.0. The Morgan fingerprint density at radius 1 is 1.30 bits per heavy atom. The average molecular weight is 275 g/mol. The van der Waals surface area contributed by atoms with Gasteiger partial charge in [0.1, 0.15) is 11.2 Å². The molecule has 0 bridgehead atoms. The molecular weight excluding hydrogens is 254 g/mol. The van der Waals surface area contributed by atoms with E-state index in [9.17, 15) is 4.79 Å². The van der Waals surface area contributed by atoms with E-state index in [4.69, 9.17) is 5.73 Å². The molecule has 0 aliphatic carbocycles. The van der Waals surface area contributed by atoms with Gasteiger partial charge in [0, 0.05) is 12.2 Å². The van der Waals surface area contributed by atoms with Crippen LogP contribution in [0.2, 0.25) is 0 Å². The molecule has 0 aromatic carbocycles. The Labute approximate surface area is 117 Å². The van der Waals surface area contributed by atoms with E-state index >= 15 is 0 Å². The van der Waals surface area contributed by atoms with Crippen molar-refractivity contribution < 1.29 is 0 Å². The van der Waals surface area contributed by atoms with Gasteiger partial charge in [-0.15, -0.1) is 0 Å². The molecule has 6 heteroatoms. The van der Waals surface area contributed by atoms with Gasteiger partial charge in [-0.05, 0) is 18.9 Å². The van der Waals surface area contributed by atoms with Crippen molar-refractivity contribution in [1.29, 1.82) is 0 Å². The molecule has 0 amide bonds. The number of anilines is 2. The average Bonchev–Trinajstić information content (AvgIpc) is 2.38. The zero-order chi connectivity index (χ0) is 14.5. The Kier molecular flexibility index (Phi) is 4.55. The largest absolute Gasteiger partial charge is 0.368 e. The predicted octanol–water partition coefficient (Wildman–Crippen LogP) is 2.28. The molecule has 0 atom stereocenters. The fourth-order valence-corrected chi connectivity index (χ4v) is 2.39. The van der Waals surface area contributed by atoms with E-state index in [1.54, 1.807) is 12.3 Å². The topological polar surface area (TPSA) is 96.7 Å². The molecule has 20 heavy (non-hydrogen) atoms. The lowest BCUT2D eigenvalue weighted by Gasteiger charge is -2.18. The van der Waals surface area contributed by atoms with Gasteiger partial charge in [-0.3, -0.25) is 4.79 Å². The molecule has 0 fully saturated rings. The fourth-order valence-electron chi connectivity index (χ4n) is 2.39. The summed E-state index contributed by atoms with van der Waals surface area (Å²) in [5, 5.41) is 3.83. The summed E-state index contributed by atoms with van der Waals surface area (Å²) in [4.78, 5) is 23.0. The minimum atomic E-state index is -0.197. The fraction of sp³-hybridized carbons (Fsp3) is 0.500. The van der Waals surface area contributed by atoms with Gasteiger partial charge in [-0.1, -0.05) is 26.7 Å². The molecule has 0 unspecified atom stereocenters.